The average molecular weight is 693 g/mol. The molecule has 0 saturated carbocycles. The van der Waals surface area contributed by atoms with Gasteiger partial charge in [-0.15, -0.1) is 0 Å². The lowest BCUT2D eigenvalue weighted by atomic mass is 9.89. The molecule has 0 spiro atoms. The van der Waals surface area contributed by atoms with Crippen LogP contribution in [0.15, 0.2) is 163 Å². The van der Waals surface area contributed by atoms with Crippen molar-refractivity contribution in [1.29, 1.82) is 0 Å². The summed E-state index contributed by atoms with van der Waals surface area (Å²) in [4.78, 5) is 20.0. The summed E-state index contributed by atoms with van der Waals surface area (Å²) in [5, 5.41) is 8.81. The van der Waals surface area contributed by atoms with Gasteiger partial charge in [-0.1, -0.05) is 140 Å². The fourth-order valence-corrected chi connectivity index (χ4v) is 7.78. The van der Waals surface area contributed by atoms with E-state index in [2.05, 4.69) is 105 Å². The summed E-state index contributed by atoms with van der Waals surface area (Å²) in [5.41, 5.74) is 8.37. The van der Waals surface area contributed by atoms with Crippen LogP contribution in [-0.4, -0.2) is 19.9 Å². The zero-order chi connectivity index (χ0) is 36.2. The minimum absolute atomic E-state index is 0.566. The first-order valence-electron chi connectivity index (χ1n) is 18.0. The van der Waals surface area contributed by atoms with Gasteiger partial charge in [0.1, 0.15) is 11.2 Å². The topological polar surface area (TPSA) is 64.7 Å². The third-order valence-electron chi connectivity index (χ3n) is 10.3. The van der Waals surface area contributed by atoms with Crippen LogP contribution in [-0.2, 0) is 0 Å². The normalized spacial score (nSPS) is 11.8. The van der Waals surface area contributed by atoms with E-state index in [0.29, 0.717) is 17.5 Å². The highest BCUT2D eigenvalue weighted by Crippen LogP contribution is 2.42. The molecule has 0 atom stereocenters. The lowest BCUT2D eigenvalue weighted by Gasteiger charge is -2.14. The van der Waals surface area contributed by atoms with E-state index in [-0.39, 0.29) is 0 Å². The molecule has 0 bridgehead atoms. The summed E-state index contributed by atoms with van der Waals surface area (Å²) in [6, 6.07) is 45.9. The van der Waals surface area contributed by atoms with Gasteiger partial charge in [0.25, 0.3) is 0 Å². The molecule has 10 rings (SSSR count). The Morgan fingerprint density at radius 2 is 1.24 bits per heavy atom. The summed E-state index contributed by atoms with van der Waals surface area (Å²) in [6.07, 6.45) is 10.00. The first-order valence-corrected chi connectivity index (χ1v) is 18.0. The van der Waals surface area contributed by atoms with Crippen molar-refractivity contribution in [1.82, 2.24) is 19.9 Å². The van der Waals surface area contributed by atoms with E-state index >= 15 is 0 Å². The number of pyridine rings is 1. The number of nitrogens with zero attached hydrogens (tertiary/aromatic N) is 4. The van der Waals surface area contributed by atoms with Crippen LogP contribution in [0.3, 0.4) is 0 Å². The Kier molecular flexibility index (Phi) is 7.44. The Bertz CT molecular complexity index is 3140. The third-order valence-corrected chi connectivity index (χ3v) is 10.3. The molecule has 5 nitrogen and oxygen atoms in total. The Morgan fingerprint density at radius 3 is 2.07 bits per heavy atom. The number of fused-ring (bicyclic) bond motifs is 7. The highest BCUT2D eigenvalue weighted by atomic mass is 16.3. The van der Waals surface area contributed by atoms with Crippen LogP contribution in [0.5, 0.6) is 0 Å². The van der Waals surface area contributed by atoms with E-state index < -0.39 is 0 Å². The number of rotatable bonds is 6. The van der Waals surface area contributed by atoms with Gasteiger partial charge in [-0.3, -0.25) is 4.98 Å². The van der Waals surface area contributed by atoms with Crippen LogP contribution in [0.2, 0.25) is 0 Å². The minimum atomic E-state index is 0.566. The molecule has 0 fully saturated rings. The molecule has 7 aromatic carbocycles. The Balaban J connectivity index is 1.19. The Labute approximate surface area is 311 Å². The summed E-state index contributed by atoms with van der Waals surface area (Å²) in [5.74, 6) is 1.77. The molecular formula is C49H32N4O. The number of aromatic nitrogens is 4. The van der Waals surface area contributed by atoms with E-state index in [1.807, 2.05) is 73.1 Å². The Hall–Kier alpha value is -7.24. The van der Waals surface area contributed by atoms with Gasteiger partial charge < -0.3 is 4.42 Å². The van der Waals surface area contributed by atoms with Gasteiger partial charge in [-0.25, -0.2) is 15.0 Å². The zero-order valence-electron chi connectivity index (χ0n) is 29.5. The second-order valence-electron chi connectivity index (χ2n) is 13.4. The van der Waals surface area contributed by atoms with E-state index in [9.17, 15) is 0 Å². The predicted octanol–water partition coefficient (Wildman–Crippen LogP) is 13.0. The van der Waals surface area contributed by atoms with Crippen molar-refractivity contribution in [2.75, 3.05) is 0 Å². The first kappa shape index (κ1) is 31.5. The predicted molar refractivity (Wildman–Crippen MR) is 224 cm³/mol. The number of furan rings is 1. The van der Waals surface area contributed by atoms with Gasteiger partial charge in [-0.2, -0.15) is 0 Å². The fourth-order valence-electron chi connectivity index (χ4n) is 7.78. The number of hydrogen-bond donors (Lipinski definition) is 0. The van der Waals surface area contributed by atoms with Crippen molar-refractivity contribution in [3.8, 4) is 45.3 Å². The van der Waals surface area contributed by atoms with Crippen LogP contribution < -0.4 is 0 Å². The van der Waals surface area contributed by atoms with E-state index in [1.54, 1.807) is 0 Å². The molecule has 3 heterocycles. The van der Waals surface area contributed by atoms with Crippen molar-refractivity contribution in [2.45, 2.75) is 6.92 Å². The second kappa shape index (κ2) is 12.8. The largest absolute Gasteiger partial charge is 0.455 e. The molecule has 0 aliphatic carbocycles. The molecule has 0 radical (unpaired) electrons. The fraction of sp³-hybridized carbons (Fsp3) is 0.0204. The quantitative estimate of drug-likeness (QED) is 0.162. The van der Waals surface area contributed by atoms with Crippen LogP contribution >= 0.6 is 0 Å². The van der Waals surface area contributed by atoms with Crippen LogP contribution in [0, 0.1) is 0 Å². The van der Waals surface area contributed by atoms with E-state index in [0.717, 1.165) is 77.0 Å². The summed E-state index contributed by atoms with van der Waals surface area (Å²) >= 11 is 0. The van der Waals surface area contributed by atoms with Crippen molar-refractivity contribution in [2.24, 2.45) is 0 Å². The first-order chi connectivity index (χ1) is 26.7. The SMILES string of the molecule is C=Cc1c(/C=C\C)c2cc(-c3cncc4c3oc3cccc(-c5nc(-c6ccccc6)nc(-c6ccc7ccccc7c6)n5)c34)ccc2c2ccccc12. The number of hydrogen-bond acceptors (Lipinski definition) is 5. The van der Waals surface area contributed by atoms with Gasteiger partial charge in [0.05, 0.1) is 0 Å². The lowest BCUT2D eigenvalue weighted by Crippen LogP contribution is -2.00. The molecule has 254 valence electrons. The van der Waals surface area contributed by atoms with E-state index in [1.165, 1.54) is 16.2 Å². The maximum Gasteiger partial charge on any atom is 0.164 e. The monoisotopic (exact) mass is 692 g/mol. The van der Waals surface area contributed by atoms with Gasteiger partial charge in [0.2, 0.25) is 0 Å². The highest BCUT2D eigenvalue weighted by Gasteiger charge is 2.21. The molecule has 10 aromatic rings. The summed E-state index contributed by atoms with van der Waals surface area (Å²) in [6.45, 7) is 6.24. The molecule has 0 aliphatic heterocycles. The zero-order valence-corrected chi connectivity index (χ0v) is 29.5. The second-order valence-corrected chi connectivity index (χ2v) is 13.4. The van der Waals surface area contributed by atoms with Gasteiger partial charge >= 0.3 is 0 Å². The third kappa shape index (κ3) is 5.09. The van der Waals surface area contributed by atoms with Gasteiger partial charge in [-0.05, 0) is 74.1 Å². The summed E-state index contributed by atoms with van der Waals surface area (Å²) < 4.78 is 6.74. The van der Waals surface area contributed by atoms with Gasteiger partial charge in [0.15, 0.2) is 17.5 Å². The minimum Gasteiger partial charge on any atom is -0.455 e. The van der Waals surface area contributed by atoms with Crippen molar-refractivity contribution < 1.29 is 4.42 Å². The van der Waals surface area contributed by atoms with E-state index in [4.69, 9.17) is 24.4 Å². The maximum absolute atomic E-state index is 6.74. The molecule has 5 heteroatoms. The molecule has 0 unspecified atom stereocenters. The molecule has 0 amide bonds. The standard InChI is InChI=1S/C49H32N4O/c1-3-13-36-35(4-2)37-18-10-11-19-38(37)39-25-24-33(27-41(36)39)42-28-50-29-43-45-40(20-12-21-44(45)54-46(42)43)49-52-47(31-15-6-5-7-16-31)51-48(53-49)34-23-22-30-14-8-9-17-32(30)26-34/h3-29H,2H2,1H3/b13-3-. The number of allylic oxidation sites excluding steroid dienone is 1. The highest BCUT2D eigenvalue weighted by molar-refractivity contribution is 6.17. The average Bonchev–Trinajstić information content (AvgIpc) is 3.63. The van der Waals surface area contributed by atoms with Crippen LogP contribution in [0.4, 0.5) is 0 Å². The lowest BCUT2D eigenvalue weighted by molar-refractivity contribution is 0.669. The van der Waals surface area contributed by atoms with Crippen molar-refractivity contribution >= 4 is 66.4 Å². The summed E-state index contributed by atoms with van der Waals surface area (Å²) in [7, 11) is 0. The Morgan fingerprint density at radius 1 is 0.519 bits per heavy atom. The molecular weight excluding hydrogens is 661 g/mol. The van der Waals surface area contributed by atoms with Crippen molar-refractivity contribution in [3.05, 3.63) is 170 Å². The molecule has 0 N–H and O–H groups in total. The van der Waals surface area contributed by atoms with Crippen molar-refractivity contribution in [3.63, 3.8) is 0 Å². The van der Waals surface area contributed by atoms with Crippen LogP contribution in [0.25, 0.3) is 112 Å². The molecule has 0 saturated heterocycles. The number of benzene rings is 7. The maximum atomic E-state index is 6.74. The molecule has 3 aromatic heterocycles. The smallest absolute Gasteiger partial charge is 0.164 e. The van der Waals surface area contributed by atoms with Crippen LogP contribution in [0.1, 0.15) is 18.1 Å². The molecule has 0 aliphatic rings. The molecule has 54 heavy (non-hydrogen) atoms. The van der Waals surface area contributed by atoms with Gasteiger partial charge in [0, 0.05) is 45.4 Å².